The van der Waals surface area contributed by atoms with Crippen LogP contribution in [0.3, 0.4) is 0 Å². The molecule has 0 aliphatic heterocycles. The molecule has 1 aromatic heterocycles. The molecule has 0 aliphatic carbocycles. The van der Waals surface area contributed by atoms with Crippen LogP contribution >= 0.6 is 23.2 Å². The minimum Gasteiger partial charge on any atom is -0.324 e. The summed E-state index contributed by atoms with van der Waals surface area (Å²) >= 11 is 11.2. The van der Waals surface area contributed by atoms with E-state index in [-0.39, 0.29) is 22.4 Å². The van der Waals surface area contributed by atoms with Crippen molar-refractivity contribution in [2.24, 2.45) is 0 Å². The van der Waals surface area contributed by atoms with Crippen molar-refractivity contribution in [1.29, 1.82) is 0 Å². The Bertz CT molecular complexity index is 718. The molecule has 104 valence electrons. The zero-order valence-electron chi connectivity index (χ0n) is 9.94. The number of nitrogens with one attached hydrogen (secondary N) is 1. The van der Waals surface area contributed by atoms with Gasteiger partial charge in [0.05, 0.1) is 6.33 Å². The number of halogens is 3. The summed E-state index contributed by atoms with van der Waals surface area (Å²) in [6, 6.07) is 5.39. The molecular weight excluding hydrogens is 308 g/mol. The van der Waals surface area contributed by atoms with Crippen LogP contribution in [0, 0.1) is 5.82 Å². The van der Waals surface area contributed by atoms with Gasteiger partial charge in [0, 0.05) is 5.69 Å². The Balaban J connectivity index is 2.13. The standard InChI is InChI=1S/C12H8Cl2FN3O2/c13-10-11(14)16-6-18(12(10)20)5-9(19)17-8-3-1-2-7(15)4-8/h1-4,6H,5H2,(H,17,19). The van der Waals surface area contributed by atoms with E-state index in [2.05, 4.69) is 10.3 Å². The molecule has 0 fully saturated rings. The number of hydrogen-bond donors (Lipinski definition) is 1. The summed E-state index contributed by atoms with van der Waals surface area (Å²) in [6.07, 6.45) is 1.11. The molecule has 0 saturated carbocycles. The van der Waals surface area contributed by atoms with Crippen molar-refractivity contribution in [1.82, 2.24) is 9.55 Å². The van der Waals surface area contributed by atoms with Gasteiger partial charge in [0.15, 0.2) is 5.15 Å². The molecule has 5 nitrogen and oxygen atoms in total. The van der Waals surface area contributed by atoms with Crippen LogP contribution in [0.1, 0.15) is 0 Å². The number of amides is 1. The average Bonchev–Trinajstić information content (AvgIpc) is 2.39. The molecule has 0 saturated heterocycles. The molecule has 1 amide bonds. The van der Waals surface area contributed by atoms with Crippen molar-refractivity contribution >= 4 is 34.8 Å². The predicted octanol–water partition coefficient (Wildman–Crippen LogP) is 2.33. The van der Waals surface area contributed by atoms with E-state index in [1.165, 1.54) is 18.2 Å². The fraction of sp³-hybridized carbons (Fsp3) is 0.0833. The van der Waals surface area contributed by atoms with Crippen LogP contribution in [0.4, 0.5) is 10.1 Å². The highest BCUT2D eigenvalue weighted by Crippen LogP contribution is 2.13. The summed E-state index contributed by atoms with van der Waals surface area (Å²) in [5.41, 5.74) is -0.336. The van der Waals surface area contributed by atoms with Crippen molar-refractivity contribution in [3.05, 3.63) is 56.9 Å². The second-order valence-corrected chi connectivity index (χ2v) is 4.58. The fourth-order valence-corrected chi connectivity index (χ4v) is 1.76. The number of rotatable bonds is 3. The number of benzene rings is 1. The van der Waals surface area contributed by atoms with Gasteiger partial charge in [-0.1, -0.05) is 29.3 Å². The molecule has 1 N–H and O–H groups in total. The quantitative estimate of drug-likeness (QED) is 0.884. The number of carbonyl (C=O) groups is 1. The number of aromatic nitrogens is 2. The third-order valence-corrected chi connectivity index (χ3v) is 3.09. The monoisotopic (exact) mass is 315 g/mol. The Labute approximate surface area is 123 Å². The van der Waals surface area contributed by atoms with Crippen molar-refractivity contribution in [3.63, 3.8) is 0 Å². The first kappa shape index (κ1) is 14.5. The van der Waals surface area contributed by atoms with Crippen LogP contribution in [-0.4, -0.2) is 15.5 Å². The molecule has 1 heterocycles. The lowest BCUT2D eigenvalue weighted by Gasteiger charge is -2.07. The summed E-state index contributed by atoms with van der Waals surface area (Å²) < 4.78 is 14.0. The van der Waals surface area contributed by atoms with Crippen LogP contribution in [-0.2, 0) is 11.3 Å². The summed E-state index contributed by atoms with van der Waals surface area (Å²) in [6.45, 7) is -0.306. The molecule has 2 aromatic rings. The zero-order chi connectivity index (χ0) is 14.7. The Morgan fingerprint density at radius 1 is 1.40 bits per heavy atom. The minimum absolute atomic E-state index is 0.126. The Hall–Kier alpha value is -1.92. The van der Waals surface area contributed by atoms with E-state index >= 15 is 0 Å². The van der Waals surface area contributed by atoms with Gasteiger partial charge in [-0.25, -0.2) is 9.37 Å². The lowest BCUT2D eigenvalue weighted by Crippen LogP contribution is -2.28. The first-order chi connectivity index (χ1) is 9.47. The third-order valence-electron chi connectivity index (χ3n) is 2.36. The van der Waals surface area contributed by atoms with Crippen LogP contribution in [0.2, 0.25) is 10.2 Å². The molecule has 0 atom stereocenters. The highest BCUT2D eigenvalue weighted by atomic mass is 35.5. The number of anilines is 1. The highest BCUT2D eigenvalue weighted by Gasteiger charge is 2.10. The SMILES string of the molecule is O=C(Cn1cnc(Cl)c(Cl)c1=O)Nc1cccc(F)c1. The lowest BCUT2D eigenvalue weighted by molar-refractivity contribution is -0.116. The van der Waals surface area contributed by atoms with Crippen LogP contribution < -0.4 is 10.9 Å². The molecular formula is C12H8Cl2FN3O2. The van der Waals surface area contributed by atoms with Crippen molar-refractivity contribution in [2.45, 2.75) is 6.54 Å². The summed E-state index contributed by atoms with van der Waals surface area (Å²) in [5.74, 6) is -0.992. The normalized spacial score (nSPS) is 10.3. The number of nitrogens with zero attached hydrogens (tertiary/aromatic N) is 2. The van der Waals surface area contributed by atoms with Gasteiger partial charge in [0.1, 0.15) is 17.4 Å². The molecule has 0 unspecified atom stereocenters. The first-order valence-electron chi connectivity index (χ1n) is 5.43. The van der Waals surface area contributed by atoms with Gasteiger partial charge in [-0.3, -0.25) is 14.2 Å². The number of hydrogen-bond acceptors (Lipinski definition) is 3. The first-order valence-corrected chi connectivity index (χ1v) is 6.19. The van der Waals surface area contributed by atoms with Gasteiger partial charge in [-0.2, -0.15) is 0 Å². The van der Waals surface area contributed by atoms with Crippen LogP contribution in [0.5, 0.6) is 0 Å². The van der Waals surface area contributed by atoms with Gasteiger partial charge in [-0.05, 0) is 18.2 Å². The molecule has 0 radical (unpaired) electrons. The molecule has 20 heavy (non-hydrogen) atoms. The molecule has 0 aliphatic rings. The second kappa shape index (κ2) is 6.02. The van der Waals surface area contributed by atoms with E-state index in [1.807, 2.05) is 0 Å². The lowest BCUT2D eigenvalue weighted by atomic mass is 10.3. The summed E-state index contributed by atoms with van der Waals surface area (Å²) in [7, 11) is 0. The van der Waals surface area contributed by atoms with Gasteiger partial charge >= 0.3 is 0 Å². The average molecular weight is 316 g/mol. The third kappa shape index (κ3) is 3.34. The van der Waals surface area contributed by atoms with Crippen molar-refractivity contribution in [2.75, 3.05) is 5.32 Å². The Morgan fingerprint density at radius 3 is 2.85 bits per heavy atom. The summed E-state index contributed by atoms with van der Waals surface area (Å²) in [4.78, 5) is 27.1. The van der Waals surface area contributed by atoms with Crippen LogP contribution in [0.15, 0.2) is 35.4 Å². The van der Waals surface area contributed by atoms with E-state index in [0.717, 1.165) is 17.0 Å². The maximum atomic E-state index is 13.0. The molecule has 1 aromatic carbocycles. The number of carbonyl (C=O) groups excluding carboxylic acids is 1. The molecule has 2 rings (SSSR count). The second-order valence-electron chi connectivity index (χ2n) is 3.84. The van der Waals surface area contributed by atoms with Gasteiger partial charge in [0.25, 0.3) is 5.56 Å². The van der Waals surface area contributed by atoms with E-state index < -0.39 is 17.3 Å². The predicted molar refractivity (Wildman–Crippen MR) is 73.5 cm³/mol. The van der Waals surface area contributed by atoms with Gasteiger partial charge in [-0.15, -0.1) is 0 Å². The fourth-order valence-electron chi connectivity index (χ4n) is 1.48. The summed E-state index contributed by atoms with van der Waals surface area (Å²) in [5, 5.41) is 2.07. The maximum absolute atomic E-state index is 13.0. The molecule has 0 bridgehead atoms. The van der Waals surface area contributed by atoms with E-state index in [1.54, 1.807) is 0 Å². The zero-order valence-corrected chi connectivity index (χ0v) is 11.5. The van der Waals surface area contributed by atoms with Crippen molar-refractivity contribution < 1.29 is 9.18 Å². The molecule has 8 heteroatoms. The smallest absolute Gasteiger partial charge is 0.274 e. The van der Waals surface area contributed by atoms with Crippen molar-refractivity contribution in [3.8, 4) is 0 Å². The maximum Gasteiger partial charge on any atom is 0.274 e. The Kier molecular flexibility index (Phi) is 4.36. The van der Waals surface area contributed by atoms with E-state index in [4.69, 9.17) is 23.2 Å². The minimum atomic E-state index is -0.624. The van der Waals surface area contributed by atoms with Crippen LogP contribution in [0.25, 0.3) is 0 Å². The largest absolute Gasteiger partial charge is 0.324 e. The molecule has 0 spiro atoms. The van der Waals surface area contributed by atoms with E-state index in [9.17, 15) is 14.0 Å². The topological polar surface area (TPSA) is 64.0 Å². The highest BCUT2D eigenvalue weighted by molar-refractivity contribution is 6.40. The van der Waals surface area contributed by atoms with Gasteiger partial charge < -0.3 is 5.32 Å². The van der Waals surface area contributed by atoms with E-state index in [0.29, 0.717) is 0 Å². The van der Waals surface area contributed by atoms with Gasteiger partial charge in [0.2, 0.25) is 5.91 Å². The Morgan fingerprint density at radius 2 is 2.15 bits per heavy atom.